The van der Waals surface area contributed by atoms with Gasteiger partial charge < -0.3 is 11.5 Å². The van der Waals surface area contributed by atoms with Gasteiger partial charge in [0, 0.05) is 6.42 Å². The number of nitrogens with two attached hydrogens (primary N) is 2. The van der Waals surface area contributed by atoms with Crippen molar-refractivity contribution < 1.29 is 0 Å². The van der Waals surface area contributed by atoms with Crippen molar-refractivity contribution in [3.05, 3.63) is 40.7 Å². The van der Waals surface area contributed by atoms with Gasteiger partial charge in [-0.05, 0) is 25.0 Å². The smallest absolute Gasteiger partial charge is 0.225 e. The predicted molar refractivity (Wildman–Crippen MR) is 67.4 cm³/mol. The molecule has 1 aromatic carbocycles. The molecule has 0 aliphatic rings. The number of anilines is 2. The molecule has 0 aliphatic heterocycles. The number of aryl methyl sites for hydroxylation is 2. The number of rotatable bonds is 2. The Morgan fingerprint density at radius 2 is 1.65 bits per heavy atom. The van der Waals surface area contributed by atoms with Gasteiger partial charge in [-0.15, -0.1) is 0 Å². The monoisotopic (exact) mass is 229 g/mol. The van der Waals surface area contributed by atoms with Crippen LogP contribution in [0.4, 0.5) is 11.9 Å². The molecule has 0 saturated carbocycles. The van der Waals surface area contributed by atoms with Crippen LogP contribution >= 0.6 is 0 Å². The summed E-state index contributed by atoms with van der Waals surface area (Å²) in [6, 6.07) is 6.28. The minimum absolute atomic E-state index is 0.165. The molecule has 2 rings (SSSR count). The largest absolute Gasteiger partial charge is 0.368 e. The lowest BCUT2D eigenvalue weighted by molar-refractivity contribution is 0.933. The molecule has 0 bridgehead atoms. The molecule has 5 nitrogen and oxygen atoms in total. The van der Waals surface area contributed by atoms with E-state index in [1.54, 1.807) is 0 Å². The van der Waals surface area contributed by atoms with Crippen LogP contribution in [0.15, 0.2) is 18.2 Å². The number of nitrogens with zero attached hydrogens (tertiary/aromatic N) is 3. The van der Waals surface area contributed by atoms with Crippen LogP contribution in [-0.4, -0.2) is 15.0 Å². The Kier molecular flexibility index (Phi) is 2.91. The summed E-state index contributed by atoms with van der Waals surface area (Å²) in [6.07, 6.45) is 0.616. The zero-order valence-corrected chi connectivity index (χ0v) is 9.94. The van der Waals surface area contributed by atoms with Gasteiger partial charge in [0.2, 0.25) is 11.9 Å². The average molecular weight is 229 g/mol. The second kappa shape index (κ2) is 4.37. The predicted octanol–water partition coefficient (Wildman–Crippen LogP) is 1.24. The molecule has 17 heavy (non-hydrogen) atoms. The van der Waals surface area contributed by atoms with Crippen LogP contribution in [-0.2, 0) is 6.42 Å². The summed E-state index contributed by atoms with van der Waals surface area (Å²) < 4.78 is 0. The van der Waals surface area contributed by atoms with Gasteiger partial charge >= 0.3 is 0 Å². The lowest BCUT2D eigenvalue weighted by Gasteiger charge is -2.06. The van der Waals surface area contributed by atoms with E-state index in [2.05, 4.69) is 47.0 Å². The van der Waals surface area contributed by atoms with Gasteiger partial charge in [-0.1, -0.05) is 23.8 Å². The third kappa shape index (κ3) is 2.69. The normalized spacial score (nSPS) is 10.5. The first kappa shape index (κ1) is 11.3. The first-order valence-electron chi connectivity index (χ1n) is 5.36. The van der Waals surface area contributed by atoms with Gasteiger partial charge in [0.05, 0.1) is 0 Å². The Hall–Kier alpha value is -2.17. The van der Waals surface area contributed by atoms with Crippen molar-refractivity contribution in [3.8, 4) is 0 Å². The molecule has 0 atom stereocenters. The fourth-order valence-electron chi connectivity index (χ4n) is 1.70. The standard InChI is InChI=1S/C12H15N5/c1-7-3-4-8(2)9(5-7)6-10-15-11(13)17-12(14)16-10/h3-5H,6H2,1-2H3,(H4,13,14,15,16,17). The van der Waals surface area contributed by atoms with Crippen LogP contribution in [0.1, 0.15) is 22.5 Å². The van der Waals surface area contributed by atoms with Gasteiger partial charge in [-0.25, -0.2) is 0 Å². The lowest BCUT2D eigenvalue weighted by Crippen LogP contribution is -2.07. The van der Waals surface area contributed by atoms with Crippen LogP contribution in [0, 0.1) is 13.8 Å². The van der Waals surface area contributed by atoms with E-state index in [0.717, 1.165) is 0 Å². The SMILES string of the molecule is Cc1ccc(C)c(Cc2nc(N)nc(N)n2)c1. The molecular weight excluding hydrogens is 214 g/mol. The zero-order chi connectivity index (χ0) is 12.4. The van der Waals surface area contributed by atoms with E-state index in [4.69, 9.17) is 11.5 Å². The molecular formula is C12H15N5. The molecule has 1 aromatic heterocycles. The molecule has 0 spiro atoms. The molecule has 0 aliphatic carbocycles. The van der Waals surface area contributed by atoms with E-state index in [1.807, 2.05) is 0 Å². The van der Waals surface area contributed by atoms with Crippen LogP contribution < -0.4 is 11.5 Å². The Labute approximate surface area is 99.9 Å². The number of hydrogen-bond acceptors (Lipinski definition) is 5. The highest BCUT2D eigenvalue weighted by Gasteiger charge is 2.05. The number of hydrogen-bond donors (Lipinski definition) is 2. The second-order valence-electron chi connectivity index (χ2n) is 4.07. The summed E-state index contributed by atoms with van der Waals surface area (Å²) in [5.74, 6) is 0.930. The molecule has 0 amide bonds. The Bertz CT molecular complexity index is 530. The first-order valence-corrected chi connectivity index (χ1v) is 5.36. The van der Waals surface area contributed by atoms with E-state index in [9.17, 15) is 0 Å². The van der Waals surface area contributed by atoms with E-state index >= 15 is 0 Å². The average Bonchev–Trinajstić information content (AvgIpc) is 2.22. The molecule has 2 aromatic rings. The Morgan fingerprint density at radius 3 is 2.29 bits per heavy atom. The lowest BCUT2D eigenvalue weighted by atomic mass is 10.0. The van der Waals surface area contributed by atoms with Crippen molar-refractivity contribution in [2.24, 2.45) is 0 Å². The summed E-state index contributed by atoms with van der Waals surface area (Å²) in [7, 11) is 0. The fraction of sp³-hybridized carbons (Fsp3) is 0.250. The fourth-order valence-corrected chi connectivity index (χ4v) is 1.70. The topological polar surface area (TPSA) is 90.7 Å². The number of benzene rings is 1. The molecule has 0 unspecified atom stereocenters. The summed E-state index contributed by atoms with van der Waals surface area (Å²) in [6.45, 7) is 4.11. The van der Waals surface area contributed by atoms with Gasteiger partial charge in [-0.2, -0.15) is 15.0 Å². The number of nitrogen functional groups attached to an aromatic ring is 2. The molecule has 4 N–H and O–H groups in total. The van der Waals surface area contributed by atoms with Crippen molar-refractivity contribution >= 4 is 11.9 Å². The quantitative estimate of drug-likeness (QED) is 0.808. The highest BCUT2D eigenvalue weighted by molar-refractivity contribution is 5.34. The van der Waals surface area contributed by atoms with Crippen LogP contribution in [0.3, 0.4) is 0 Å². The molecule has 0 radical (unpaired) electrons. The van der Waals surface area contributed by atoms with Crippen molar-refractivity contribution in [3.63, 3.8) is 0 Å². The highest BCUT2D eigenvalue weighted by atomic mass is 15.1. The van der Waals surface area contributed by atoms with Crippen molar-refractivity contribution in [1.29, 1.82) is 0 Å². The number of aromatic nitrogens is 3. The molecule has 1 heterocycles. The maximum atomic E-state index is 5.54. The van der Waals surface area contributed by atoms with Crippen LogP contribution in [0.25, 0.3) is 0 Å². The summed E-state index contributed by atoms with van der Waals surface area (Å²) in [4.78, 5) is 11.9. The van der Waals surface area contributed by atoms with E-state index < -0.39 is 0 Å². The maximum Gasteiger partial charge on any atom is 0.225 e. The van der Waals surface area contributed by atoms with Gasteiger partial charge in [0.1, 0.15) is 5.82 Å². The molecule has 0 fully saturated rings. The Morgan fingerprint density at radius 1 is 1.00 bits per heavy atom. The van der Waals surface area contributed by atoms with Crippen molar-refractivity contribution in [1.82, 2.24) is 15.0 Å². The minimum Gasteiger partial charge on any atom is -0.368 e. The summed E-state index contributed by atoms with van der Waals surface area (Å²) in [5.41, 5.74) is 14.7. The van der Waals surface area contributed by atoms with Gasteiger partial charge in [0.25, 0.3) is 0 Å². The third-order valence-corrected chi connectivity index (χ3v) is 2.57. The molecule has 5 heteroatoms. The highest BCUT2D eigenvalue weighted by Crippen LogP contribution is 2.14. The zero-order valence-electron chi connectivity index (χ0n) is 9.94. The third-order valence-electron chi connectivity index (χ3n) is 2.57. The van der Waals surface area contributed by atoms with Gasteiger partial charge in [0.15, 0.2) is 0 Å². The van der Waals surface area contributed by atoms with E-state index in [0.29, 0.717) is 12.2 Å². The van der Waals surface area contributed by atoms with Gasteiger partial charge in [-0.3, -0.25) is 0 Å². The van der Waals surface area contributed by atoms with Crippen LogP contribution in [0.2, 0.25) is 0 Å². The molecule has 88 valence electrons. The van der Waals surface area contributed by atoms with Crippen molar-refractivity contribution in [2.45, 2.75) is 20.3 Å². The first-order chi connectivity index (χ1) is 8.04. The van der Waals surface area contributed by atoms with E-state index in [1.165, 1.54) is 16.7 Å². The molecule has 0 saturated heterocycles. The van der Waals surface area contributed by atoms with E-state index in [-0.39, 0.29) is 11.9 Å². The second-order valence-corrected chi connectivity index (χ2v) is 4.07. The summed E-state index contributed by atoms with van der Waals surface area (Å²) in [5, 5.41) is 0. The minimum atomic E-state index is 0.165. The summed E-state index contributed by atoms with van der Waals surface area (Å²) >= 11 is 0. The van der Waals surface area contributed by atoms with Crippen molar-refractivity contribution in [2.75, 3.05) is 11.5 Å². The van der Waals surface area contributed by atoms with Crippen LogP contribution in [0.5, 0.6) is 0 Å². The maximum absolute atomic E-state index is 5.54. The Balaban J connectivity index is 2.34.